The Kier molecular flexibility index (Phi) is 8.90. The van der Waals surface area contributed by atoms with Crippen molar-refractivity contribution in [2.24, 2.45) is 15.9 Å². The van der Waals surface area contributed by atoms with Crippen molar-refractivity contribution in [3.63, 3.8) is 0 Å². The van der Waals surface area contributed by atoms with Crippen LogP contribution in [-0.4, -0.2) is 97.2 Å². The van der Waals surface area contributed by atoms with Crippen LogP contribution in [0.1, 0.15) is 18.4 Å². The van der Waals surface area contributed by atoms with Gasteiger partial charge in [-0.25, -0.2) is 20.3 Å². The molecule has 0 aromatic heterocycles. The van der Waals surface area contributed by atoms with Gasteiger partial charge in [0, 0.05) is 53.6 Å². The lowest BCUT2D eigenvalue weighted by Gasteiger charge is -2.44. The Morgan fingerprint density at radius 1 is 1.24 bits per heavy atom. The molecule has 0 spiro atoms. The molecule has 2 aromatic rings. The molecular weight excluding hydrogens is 612 g/mol. The summed E-state index contributed by atoms with van der Waals surface area (Å²) in [6.45, 7) is 12.1. The second-order valence-electron chi connectivity index (χ2n) is 11.8. The van der Waals surface area contributed by atoms with E-state index in [1.54, 1.807) is 18.3 Å². The first-order valence-corrected chi connectivity index (χ1v) is 15.5. The van der Waals surface area contributed by atoms with E-state index in [0.717, 1.165) is 24.8 Å². The maximum atomic E-state index is 16.8. The molecule has 4 aliphatic heterocycles. The number of dihydropyridines is 1. The normalized spacial score (nSPS) is 24.9. The number of carbonyl (C=O) groups excluding carboxylic acids is 1. The van der Waals surface area contributed by atoms with Crippen molar-refractivity contribution < 1.29 is 18.3 Å². The van der Waals surface area contributed by atoms with E-state index in [1.165, 1.54) is 4.90 Å². The average Bonchev–Trinajstić information content (AvgIpc) is 3.47. The fourth-order valence-corrected chi connectivity index (χ4v) is 7.10. The molecule has 4 heterocycles. The van der Waals surface area contributed by atoms with Gasteiger partial charge in [-0.2, -0.15) is 5.26 Å². The van der Waals surface area contributed by atoms with E-state index < -0.39 is 35.6 Å². The maximum absolute atomic E-state index is 16.8. The van der Waals surface area contributed by atoms with Gasteiger partial charge in [-0.05, 0) is 37.9 Å². The lowest BCUT2D eigenvalue weighted by molar-refractivity contribution is -0.132. The molecule has 2 aromatic carbocycles. The van der Waals surface area contributed by atoms with Crippen LogP contribution in [0.15, 0.2) is 75.9 Å². The summed E-state index contributed by atoms with van der Waals surface area (Å²) in [5.74, 6) is -3.30. The second kappa shape index (κ2) is 13.0. The minimum atomic E-state index is -1.11. The third-order valence-corrected chi connectivity index (χ3v) is 9.47. The van der Waals surface area contributed by atoms with E-state index in [9.17, 15) is 14.4 Å². The summed E-state index contributed by atoms with van der Waals surface area (Å²) in [6.07, 6.45) is 3.55. The Bertz CT molecular complexity index is 1800. The number of likely N-dealkylation sites (N-methyl/N-ethyl adjacent to an activating group) is 1. The zero-order valence-corrected chi connectivity index (χ0v) is 26.1. The molecule has 2 unspecified atom stereocenters. The summed E-state index contributed by atoms with van der Waals surface area (Å²) >= 11 is 6.58. The van der Waals surface area contributed by atoms with Gasteiger partial charge in [-0.3, -0.25) is 9.79 Å². The molecule has 1 amide bonds. The molecule has 46 heavy (non-hydrogen) atoms. The topological polar surface area (TPSA) is 88.9 Å². The number of amides is 1. The van der Waals surface area contributed by atoms with Crippen LogP contribution in [0.4, 0.5) is 8.78 Å². The standard InChI is InChI=1S/C34H32ClF2N7O2/c1-20(36)34(45)44-14-13-43(18-23(44)16-39-2)32-25(15-38)33(46-19-22-9-6-12-42(22)3)41-31-26(32)17-40-30(29(31)37)24-10-4-7-21-8-5-11-27(35)28(21)24/h4-5,7-8,10-11,17,22-23,26,31H,1,6,9,12-14,16,18-19H2,3H3/t22-,23-,26?,31?/m0/s1. The van der Waals surface area contributed by atoms with Crippen LogP contribution in [0.2, 0.25) is 5.02 Å². The fraction of sp³-hybridized carbons (Fsp3) is 0.382. The summed E-state index contributed by atoms with van der Waals surface area (Å²) in [5, 5.41) is 12.4. The number of likely N-dealkylation sites (tertiary alicyclic amines) is 1. The van der Waals surface area contributed by atoms with Crippen molar-refractivity contribution in [3.8, 4) is 6.07 Å². The quantitative estimate of drug-likeness (QED) is 0.310. The Morgan fingerprint density at radius 2 is 2.02 bits per heavy atom. The molecule has 4 aliphatic rings. The number of rotatable bonds is 6. The molecule has 236 valence electrons. The van der Waals surface area contributed by atoms with Crippen LogP contribution in [0.25, 0.3) is 21.3 Å². The molecule has 2 fully saturated rings. The van der Waals surface area contributed by atoms with Crippen molar-refractivity contribution in [1.29, 1.82) is 5.26 Å². The summed E-state index contributed by atoms with van der Waals surface area (Å²) in [5.41, 5.74) is 1.22. The van der Waals surface area contributed by atoms with Crippen molar-refractivity contribution in [3.05, 3.63) is 87.9 Å². The predicted octanol–water partition coefficient (Wildman–Crippen LogP) is 5.42. The zero-order chi connectivity index (χ0) is 32.5. The van der Waals surface area contributed by atoms with E-state index in [-0.39, 0.29) is 56.0 Å². The van der Waals surface area contributed by atoms with Gasteiger partial charge in [0.25, 0.3) is 5.91 Å². The Hall–Kier alpha value is -4.58. The number of piperazine rings is 1. The highest BCUT2D eigenvalue weighted by Gasteiger charge is 2.44. The predicted molar refractivity (Wildman–Crippen MR) is 173 cm³/mol. The number of hydrogen-bond donors (Lipinski definition) is 0. The van der Waals surface area contributed by atoms with Gasteiger partial charge in [-0.1, -0.05) is 48.5 Å². The SMILES string of the molecule is [C-]#[N+]C[C@H]1CN(C2=C(C#N)C(OC[C@@H]3CCCN3C)=NC3C(F)=C(c4cccc5cccc(Cl)c45)N=CC23)CCN1C(=O)C(=C)F. The number of carbonyl (C=O) groups is 1. The molecule has 4 atom stereocenters. The number of nitriles is 1. The molecule has 0 aliphatic carbocycles. The molecule has 0 N–H and O–H groups in total. The zero-order valence-electron chi connectivity index (χ0n) is 25.3. The Labute approximate surface area is 271 Å². The van der Waals surface area contributed by atoms with Gasteiger partial charge in [0.1, 0.15) is 36.0 Å². The molecule has 0 radical (unpaired) electrons. The first kappa shape index (κ1) is 31.4. The monoisotopic (exact) mass is 643 g/mol. The lowest BCUT2D eigenvalue weighted by Crippen LogP contribution is -2.57. The van der Waals surface area contributed by atoms with Gasteiger partial charge >= 0.3 is 0 Å². The Morgan fingerprint density at radius 3 is 2.72 bits per heavy atom. The summed E-state index contributed by atoms with van der Waals surface area (Å²) in [4.78, 5) is 30.7. The highest BCUT2D eigenvalue weighted by Crippen LogP contribution is 2.42. The van der Waals surface area contributed by atoms with Crippen LogP contribution in [0.3, 0.4) is 0 Å². The minimum Gasteiger partial charge on any atom is -0.475 e. The molecule has 9 nitrogen and oxygen atoms in total. The van der Waals surface area contributed by atoms with E-state index in [0.29, 0.717) is 21.7 Å². The van der Waals surface area contributed by atoms with E-state index in [4.69, 9.17) is 27.9 Å². The van der Waals surface area contributed by atoms with E-state index in [2.05, 4.69) is 27.4 Å². The van der Waals surface area contributed by atoms with E-state index in [1.807, 2.05) is 36.2 Å². The van der Waals surface area contributed by atoms with Gasteiger partial charge < -0.3 is 24.3 Å². The number of nitrogens with zero attached hydrogens (tertiary/aromatic N) is 7. The van der Waals surface area contributed by atoms with Crippen LogP contribution in [0, 0.1) is 23.8 Å². The van der Waals surface area contributed by atoms with Crippen molar-refractivity contribution >= 4 is 46.1 Å². The van der Waals surface area contributed by atoms with E-state index >= 15 is 4.39 Å². The van der Waals surface area contributed by atoms with Gasteiger partial charge in [0.15, 0.2) is 11.7 Å². The highest BCUT2D eigenvalue weighted by atomic mass is 35.5. The summed E-state index contributed by atoms with van der Waals surface area (Å²) in [6, 6.07) is 11.5. The summed E-state index contributed by atoms with van der Waals surface area (Å²) < 4.78 is 36.9. The number of hydrogen-bond acceptors (Lipinski definition) is 7. The van der Waals surface area contributed by atoms with Crippen molar-refractivity contribution in [1.82, 2.24) is 14.7 Å². The first-order valence-electron chi connectivity index (χ1n) is 15.1. The third-order valence-electron chi connectivity index (χ3n) is 9.16. The largest absolute Gasteiger partial charge is 0.475 e. The number of benzene rings is 2. The molecule has 12 heteroatoms. The smallest absolute Gasteiger partial charge is 0.282 e. The maximum Gasteiger partial charge on any atom is 0.282 e. The average molecular weight is 644 g/mol. The van der Waals surface area contributed by atoms with Crippen LogP contribution >= 0.6 is 11.6 Å². The van der Waals surface area contributed by atoms with Crippen molar-refractivity contribution in [2.75, 3.05) is 46.4 Å². The Balaban J connectivity index is 1.42. The lowest BCUT2D eigenvalue weighted by atomic mass is 9.85. The first-order chi connectivity index (χ1) is 22.2. The van der Waals surface area contributed by atoms with Gasteiger partial charge in [0.2, 0.25) is 12.4 Å². The fourth-order valence-electron chi connectivity index (χ4n) is 6.82. The minimum absolute atomic E-state index is 0.0390. The molecule has 0 saturated carbocycles. The number of aliphatic imine (C=N–C) groups is 2. The van der Waals surface area contributed by atoms with Gasteiger partial charge in [0.05, 0.1) is 5.92 Å². The van der Waals surface area contributed by atoms with Gasteiger partial charge in [-0.15, -0.1) is 0 Å². The summed E-state index contributed by atoms with van der Waals surface area (Å²) in [7, 11) is 2.01. The molecule has 6 rings (SSSR count). The van der Waals surface area contributed by atoms with Crippen LogP contribution < -0.4 is 0 Å². The number of ether oxygens (including phenoxy) is 1. The number of fused-ring (bicyclic) bond motifs is 2. The van der Waals surface area contributed by atoms with Crippen LogP contribution in [0.5, 0.6) is 0 Å². The third kappa shape index (κ3) is 5.66. The highest BCUT2D eigenvalue weighted by molar-refractivity contribution is 6.36. The van der Waals surface area contributed by atoms with Crippen LogP contribution in [-0.2, 0) is 9.53 Å². The molecule has 0 bridgehead atoms. The molecular formula is C34H32ClF2N7O2. The number of halogens is 3. The molecule has 2 saturated heterocycles. The second-order valence-corrected chi connectivity index (χ2v) is 12.2. The van der Waals surface area contributed by atoms with Crippen molar-refractivity contribution in [2.45, 2.75) is 31.0 Å².